The van der Waals surface area contributed by atoms with Crippen LogP contribution in [-0.4, -0.2) is 38.7 Å². The van der Waals surface area contributed by atoms with Crippen LogP contribution >= 0.6 is 24.0 Å². The molecule has 0 saturated heterocycles. The zero-order valence-electron chi connectivity index (χ0n) is 10.9. The predicted molar refractivity (Wildman–Crippen MR) is 80.9 cm³/mol. The molecule has 5 nitrogen and oxygen atoms in total. The number of hydrogen-bond acceptors (Lipinski definition) is 3. The number of nitrogens with one attached hydrogen (secondary N) is 2. The normalized spacial score (nSPS) is 10.4. The van der Waals surface area contributed by atoms with Gasteiger partial charge in [0.15, 0.2) is 5.96 Å². The summed E-state index contributed by atoms with van der Waals surface area (Å²) in [7, 11) is 1.39. The maximum Gasteiger partial charge on any atom is 0.307 e. The minimum atomic E-state index is -0.211. The van der Waals surface area contributed by atoms with Crippen LogP contribution in [-0.2, 0) is 9.53 Å². The fourth-order valence-electron chi connectivity index (χ4n) is 1.08. The Hall–Kier alpha value is -0.530. The average Bonchev–Trinajstić information content (AvgIpc) is 2.29. The van der Waals surface area contributed by atoms with Gasteiger partial charge < -0.3 is 15.4 Å². The summed E-state index contributed by atoms with van der Waals surface area (Å²) in [5, 5.41) is 6.20. The fourth-order valence-corrected chi connectivity index (χ4v) is 1.08. The summed E-state index contributed by atoms with van der Waals surface area (Å²) in [6.07, 6.45) is 2.56. The van der Waals surface area contributed by atoms with E-state index in [2.05, 4.69) is 27.3 Å². The molecule has 17 heavy (non-hydrogen) atoms. The summed E-state index contributed by atoms with van der Waals surface area (Å²) in [4.78, 5) is 15.3. The van der Waals surface area contributed by atoms with E-state index in [1.807, 2.05) is 6.92 Å². The molecule has 0 aromatic rings. The lowest BCUT2D eigenvalue weighted by Crippen LogP contribution is -2.38. The molecule has 6 heteroatoms. The predicted octanol–water partition coefficient (Wildman–Crippen LogP) is 1.52. The topological polar surface area (TPSA) is 62.7 Å². The smallest absolute Gasteiger partial charge is 0.307 e. The summed E-state index contributed by atoms with van der Waals surface area (Å²) >= 11 is 0. The van der Waals surface area contributed by atoms with E-state index in [4.69, 9.17) is 0 Å². The maximum absolute atomic E-state index is 10.9. The van der Waals surface area contributed by atoms with Gasteiger partial charge in [-0.05, 0) is 13.3 Å². The molecular weight excluding hydrogens is 333 g/mol. The number of rotatable bonds is 7. The molecule has 0 spiro atoms. The molecule has 0 bridgehead atoms. The molecular formula is C11H24IN3O2. The number of esters is 1. The summed E-state index contributed by atoms with van der Waals surface area (Å²) in [5.74, 6) is 0.553. The summed E-state index contributed by atoms with van der Waals surface area (Å²) in [5.41, 5.74) is 0. The number of methoxy groups -OCH3 is 1. The Kier molecular flexibility index (Phi) is 15.0. The molecule has 2 N–H and O–H groups in total. The molecule has 0 fully saturated rings. The summed E-state index contributed by atoms with van der Waals surface area (Å²) in [6.45, 7) is 6.31. The number of halogens is 1. The van der Waals surface area contributed by atoms with E-state index in [9.17, 15) is 4.79 Å². The second-order valence-corrected chi connectivity index (χ2v) is 3.37. The molecule has 0 radical (unpaired) electrons. The molecule has 0 heterocycles. The van der Waals surface area contributed by atoms with E-state index >= 15 is 0 Å². The van der Waals surface area contributed by atoms with Gasteiger partial charge in [-0.2, -0.15) is 0 Å². The number of carbonyl (C=O) groups is 1. The van der Waals surface area contributed by atoms with Crippen molar-refractivity contribution in [1.29, 1.82) is 0 Å². The SMILES string of the molecule is CCCCN=C(NCC)NCCC(=O)OC.I. The van der Waals surface area contributed by atoms with Gasteiger partial charge in [0.05, 0.1) is 13.5 Å². The highest BCUT2D eigenvalue weighted by Crippen LogP contribution is 1.87. The van der Waals surface area contributed by atoms with E-state index in [0.717, 1.165) is 31.9 Å². The lowest BCUT2D eigenvalue weighted by Gasteiger charge is -2.10. The molecule has 0 saturated carbocycles. The third kappa shape index (κ3) is 11.7. The number of hydrogen-bond donors (Lipinski definition) is 2. The van der Waals surface area contributed by atoms with Crippen molar-refractivity contribution in [2.24, 2.45) is 4.99 Å². The van der Waals surface area contributed by atoms with Gasteiger partial charge in [0.25, 0.3) is 0 Å². The zero-order valence-corrected chi connectivity index (χ0v) is 13.2. The van der Waals surface area contributed by atoms with Crippen molar-refractivity contribution < 1.29 is 9.53 Å². The Bertz CT molecular complexity index is 223. The van der Waals surface area contributed by atoms with Crippen molar-refractivity contribution in [2.75, 3.05) is 26.7 Å². The van der Waals surface area contributed by atoms with Crippen molar-refractivity contribution in [2.45, 2.75) is 33.1 Å². The van der Waals surface area contributed by atoms with Crippen LogP contribution in [0.5, 0.6) is 0 Å². The number of guanidine groups is 1. The minimum absolute atomic E-state index is 0. The van der Waals surface area contributed by atoms with E-state index in [1.54, 1.807) is 0 Å². The van der Waals surface area contributed by atoms with E-state index in [1.165, 1.54) is 7.11 Å². The third-order valence-electron chi connectivity index (χ3n) is 1.98. The first-order valence-electron chi connectivity index (χ1n) is 5.83. The standard InChI is InChI=1S/C11H23N3O2.HI/c1-4-6-8-13-11(12-5-2)14-9-7-10(15)16-3;/h4-9H2,1-3H3,(H2,12,13,14);1H. The van der Waals surface area contributed by atoms with Gasteiger partial charge in [0.1, 0.15) is 0 Å². The van der Waals surface area contributed by atoms with Gasteiger partial charge in [0.2, 0.25) is 0 Å². The lowest BCUT2D eigenvalue weighted by molar-refractivity contribution is -0.140. The van der Waals surface area contributed by atoms with Gasteiger partial charge in [-0.3, -0.25) is 9.79 Å². The summed E-state index contributed by atoms with van der Waals surface area (Å²) < 4.78 is 4.55. The van der Waals surface area contributed by atoms with Gasteiger partial charge >= 0.3 is 5.97 Å². The van der Waals surface area contributed by atoms with Crippen LogP contribution in [0.15, 0.2) is 4.99 Å². The van der Waals surface area contributed by atoms with Gasteiger partial charge in [-0.15, -0.1) is 24.0 Å². The highest BCUT2D eigenvalue weighted by molar-refractivity contribution is 14.0. The van der Waals surface area contributed by atoms with Crippen LogP contribution in [0.25, 0.3) is 0 Å². The fraction of sp³-hybridized carbons (Fsp3) is 0.818. The Balaban J connectivity index is 0. The second kappa shape index (κ2) is 13.5. The van der Waals surface area contributed by atoms with Crippen LogP contribution in [0.1, 0.15) is 33.1 Å². The molecule has 0 aromatic carbocycles. The van der Waals surface area contributed by atoms with Crippen LogP contribution < -0.4 is 10.6 Å². The zero-order chi connectivity index (χ0) is 12.2. The Labute approximate surface area is 121 Å². The van der Waals surface area contributed by atoms with Gasteiger partial charge in [-0.1, -0.05) is 13.3 Å². The van der Waals surface area contributed by atoms with Crippen molar-refractivity contribution in [3.8, 4) is 0 Å². The minimum Gasteiger partial charge on any atom is -0.469 e. The molecule has 0 unspecified atom stereocenters. The van der Waals surface area contributed by atoms with Crippen molar-refractivity contribution in [3.63, 3.8) is 0 Å². The van der Waals surface area contributed by atoms with E-state index in [-0.39, 0.29) is 29.9 Å². The Morgan fingerprint density at radius 3 is 2.53 bits per heavy atom. The molecule has 0 aromatic heterocycles. The largest absolute Gasteiger partial charge is 0.469 e. The maximum atomic E-state index is 10.9. The van der Waals surface area contributed by atoms with Crippen LogP contribution in [0.2, 0.25) is 0 Å². The van der Waals surface area contributed by atoms with E-state index in [0.29, 0.717) is 13.0 Å². The lowest BCUT2D eigenvalue weighted by atomic mass is 10.3. The van der Waals surface area contributed by atoms with Crippen molar-refractivity contribution in [3.05, 3.63) is 0 Å². The third-order valence-corrected chi connectivity index (χ3v) is 1.98. The molecule has 0 aliphatic carbocycles. The molecule has 0 amide bonds. The molecule has 0 aliphatic heterocycles. The van der Waals surface area contributed by atoms with Crippen molar-refractivity contribution >= 4 is 35.9 Å². The van der Waals surface area contributed by atoms with Crippen LogP contribution in [0, 0.1) is 0 Å². The van der Waals surface area contributed by atoms with Crippen LogP contribution in [0.4, 0.5) is 0 Å². The Morgan fingerprint density at radius 1 is 1.29 bits per heavy atom. The van der Waals surface area contributed by atoms with Crippen molar-refractivity contribution in [1.82, 2.24) is 10.6 Å². The Morgan fingerprint density at radius 2 is 2.00 bits per heavy atom. The van der Waals surface area contributed by atoms with Gasteiger partial charge in [-0.25, -0.2) is 0 Å². The monoisotopic (exact) mass is 357 g/mol. The first-order valence-corrected chi connectivity index (χ1v) is 5.83. The summed E-state index contributed by atoms with van der Waals surface area (Å²) in [6, 6.07) is 0. The molecule has 0 aliphatic rings. The highest BCUT2D eigenvalue weighted by Gasteiger charge is 2.01. The van der Waals surface area contributed by atoms with Gasteiger partial charge in [0, 0.05) is 19.6 Å². The first kappa shape index (κ1) is 18.8. The number of nitrogens with zero attached hydrogens (tertiary/aromatic N) is 1. The van der Waals surface area contributed by atoms with E-state index < -0.39 is 0 Å². The quantitative estimate of drug-likeness (QED) is 0.239. The second-order valence-electron chi connectivity index (χ2n) is 3.37. The molecule has 0 rings (SSSR count). The van der Waals surface area contributed by atoms with Crippen LogP contribution in [0.3, 0.4) is 0 Å². The average molecular weight is 357 g/mol. The molecule has 102 valence electrons. The molecule has 0 atom stereocenters. The number of unbranched alkanes of at least 4 members (excludes halogenated alkanes) is 1. The highest BCUT2D eigenvalue weighted by atomic mass is 127. The number of aliphatic imine (C=N–C) groups is 1. The number of carbonyl (C=O) groups excluding carboxylic acids is 1. The first-order chi connectivity index (χ1) is 7.74. The number of ether oxygens (including phenoxy) is 1.